The molecular formula is C8H5F3INO3S. The molecule has 0 heterocycles. The Bertz CT molecular complexity index is 481. The summed E-state index contributed by atoms with van der Waals surface area (Å²) in [5.41, 5.74) is -5.65. The van der Waals surface area contributed by atoms with E-state index in [0.717, 1.165) is 0 Å². The molecule has 0 radical (unpaired) electrons. The number of hydrogen-bond donors (Lipinski definition) is 0. The molecule has 0 amide bonds. The van der Waals surface area contributed by atoms with Crippen molar-refractivity contribution in [3.8, 4) is 0 Å². The minimum atomic E-state index is -6.09. The molecule has 0 bridgehead atoms. The van der Waals surface area contributed by atoms with Crippen LogP contribution in [-0.4, -0.2) is 18.5 Å². The second-order valence-electron chi connectivity index (χ2n) is 2.36. The van der Waals surface area contributed by atoms with Gasteiger partial charge < -0.3 is 4.55 Å². The highest BCUT2D eigenvalue weighted by atomic mass is 127. The summed E-state index contributed by atoms with van der Waals surface area (Å²) < 4.78 is 63.5. The van der Waals surface area contributed by atoms with Crippen molar-refractivity contribution in [3.05, 3.63) is 43.5 Å². The average Bonchev–Trinajstić information content (AvgIpc) is 2.17. The zero-order valence-corrected chi connectivity index (χ0v) is 11.0. The predicted octanol–water partition coefficient (Wildman–Crippen LogP) is -1.17. The summed E-state index contributed by atoms with van der Waals surface area (Å²) in [7, 11) is -6.09. The van der Waals surface area contributed by atoms with Gasteiger partial charge in [0, 0.05) is 0 Å². The lowest BCUT2D eigenvalue weighted by Crippen LogP contribution is -3.57. The second kappa shape index (κ2) is 6.77. The minimum absolute atomic E-state index is 0.378. The maximum Gasteiger partial charge on any atom is 0.779 e. The molecule has 1 aromatic carbocycles. The first kappa shape index (κ1) is 16.1. The van der Waals surface area contributed by atoms with E-state index in [4.69, 9.17) is 19.5 Å². The van der Waals surface area contributed by atoms with Crippen LogP contribution in [0.4, 0.5) is 13.2 Å². The quantitative estimate of drug-likeness (QED) is 0.268. The van der Waals surface area contributed by atoms with E-state index in [1.165, 1.54) is 3.57 Å². The van der Waals surface area contributed by atoms with Gasteiger partial charge in [0.1, 0.15) is 0 Å². The van der Waals surface area contributed by atoms with E-state index in [9.17, 15) is 13.2 Å². The standard InChI is InChI=1S/C7H5IN.CHF3O3S/c1-9-8-7-5-3-2-4-6-7;2-1(3,4)8(5,6)7/h2-6H;(H,5,6,7)/q+1;/p-1. The third-order valence-electron chi connectivity index (χ3n) is 1.16. The van der Waals surface area contributed by atoms with Gasteiger partial charge in [-0.25, -0.2) is 8.42 Å². The molecule has 0 N–H and O–H groups in total. The highest BCUT2D eigenvalue weighted by Crippen LogP contribution is 2.20. The Labute approximate surface area is 107 Å². The van der Waals surface area contributed by atoms with Gasteiger partial charge in [-0.1, -0.05) is 18.2 Å². The van der Waals surface area contributed by atoms with Crippen molar-refractivity contribution in [2.45, 2.75) is 5.51 Å². The molecule has 0 saturated carbocycles. The first-order valence-electron chi connectivity index (χ1n) is 3.76. The van der Waals surface area contributed by atoms with Crippen LogP contribution in [0.25, 0.3) is 3.06 Å². The molecule has 0 aliphatic carbocycles. The van der Waals surface area contributed by atoms with Crippen LogP contribution >= 0.6 is 0 Å². The lowest BCUT2D eigenvalue weighted by Gasteiger charge is -2.08. The van der Waals surface area contributed by atoms with E-state index >= 15 is 0 Å². The van der Waals surface area contributed by atoms with Crippen LogP contribution in [0.2, 0.25) is 0 Å². The van der Waals surface area contributed by atoms with Gasteiger partial charge >= 0.3 is 27.0 Å². The highest BCUT2D eigenvalue weighted by Gasteiger charge is 2.36. The molecule has 94 valence electrons. The maximum absolute atomic E-state index is 10.7. The second-order valence-corrected chi connectivity index (χ2v) is 5.95. The minimum Gasteiger partial charge on any atom is -0.741 e. The first-order chi connectivity index (χ1) is 7.68. The molecule has 0 spiro atoms. The molecule has 0 unspecified atom stereocenters. The Morgan fingerprint density at radius 3 is 1.94 bits per heavy atom. The smallest absolute Gasteiger partial charge is 0.741 e. The topological polar surface area (TPSA) is 61.6 Å². The normalized spacial score (nSPS) is 11.0. The fraction of sp³-hybridized carbons (Fsp3) is 0.125. The summed E-state index contributed by atoms with van der Waals surface area (Å²) in [4.78, 5) is 0. The Morgan fingerprint density at radius 2 is 1.65 bits per heavy atom. The van der Waals surface area contributed by atoms with Crippen LogP contribution in [0.5, 0.6) is 0 Å². The number of nitrogens with zero attached hydrogens (tertiary/aromatic N) is 1. The molecular weight excluding hydrogens is 374 g/mol. The monoisotopic (exact) mass is 379 g/mol. The molecule has 0 aliphatic heterocycles. The van der Waals surface area contributed by atoms with Crippen LogP contribution < -0.4 is 21.5 Å². The highest BCUT2D eigenvalue weighted by molar-refractivity contribution is 7.86. The molecule has 0 fully saturated rings. The van der Waals surface area contributed by atoms with Crippen molar-refractivity contribution in [3.63, 3.8) is 0 Å². The Hall–Kier alpha value is -0.860. The van der Waals surface area contributed by atoms with E-state index in [0.29, 0.717) is 0 Å². The Balaban J connectivity index is 0.000000304. The number of rotatable bonds is 1. The van der Waals surface area contributed by atoms with Crippen LogP contribution in [0.3, 0.4) is 0 Å². The number of alkyl halides is 3. The van der Waals surface area contributed by atoms with Gasteiger partial charge in [-0.2, -0.15) is 19.7 Å². The molecule has 4 nitrogen and oxygen atoms in total. The van der Waals surface area contributed by atoms with Crippen molar-refractivity contribution < 1.29 is 47.6 Å². The molecule has 0 atom stereocenters. The predicted molar refractivity (Wildman–Crippen MR) is 47.5 cm³/mol. The average molecular weight is 379 g/mol. The molecule has 1 rings (SSSR count). The van der Waals surface area contributed by atoms with Gasteiger partial charge in [0.25, 0.3) is 3.57 Å². The van der Waals surface area contributed by atoms with Gasteiger partial charge in [0.15, 0.2) is 10.1 Å². The van der Waals surface area contributed by atoms with Gasteiger partial charge in [0.05, 0.1) is 0 Å². The number of benzene rings is 1. The van der Waals surface area contributed by atoms with Crippen molar-refractivity contribution in [1.82, 2.24) is 0 Å². The van der Waals surface area contributed by atoms with Crippen LogP contribution in [0, 0.1) is 10.1 Å². The zero-order chi connectivity index (χ0) is 13.5. The van der Waals surface area contributed by atoms with E-state index in [2.05, 4.69) is 3.06 Å². The summed E-state index contributed by atoms with van der Waals surface area (Å²) in [6.45, 7) is 6.61. The number of halogens is 4. The van der Waals surface area contributed by atoms with E-state index in [-0.39, 0.29) is 21.5 Å². The molecule has 17 heavy (non-hydrogen) atoms. The summed E-state index contributed by atoms with van der Waals surface area (Å²) in [5, 5.41) is 0. The van der Waals surface area contributed by atoms with Crippen LogP contribution in [0.15, 0.2) is 30.3 Å². The fourth-order valence-electron chi connectivity index (χ4n) is 0.520. The van der Waals surface area contributed by atoms with Crippen molar-refractivity contribution in [1.29, 1.82) is 0 Å². The van der Waals surface area contributed by atoms with Crippen LogP contribution in [0.1, 0.15) is 0 Å². The van der Waals surface area contributed by atoms with Crippen LogP contribution in [-0.2, 0) is 10.1 Å². The van der Waals surface area contributed by atoms with Crippen molar-refractivity contribution >= 4 is 10.1 Å². The Morgan fingerprint density at radius 1 is 1.24 bits per heavy atom. The van der Waals surface area contributed by atoms with E-state index < -0.39 is 15.6 Å². The van der Waals surface area contributed by atoms with E-state index in [1.54, 1.807) is 0 Å². The third kappa shape index (κ3) is 7.14. The van der Waals surface area contributed by atoms with Crippen molar-refractivity contribution in [2.24, 2.45) is 0 Å². The van der Waals surface area contributed by atoms with E-state index in [1.807, 2.05) is 30.3 Å². The lowest BCUT2D eigenvalue weighted by atomic mass is 10.4. The summed E-state index contributed by atoms with van der Waals surface area (Å²) in [6, 6.07) is 9.92. The van der Waals surface area contributed by atoms with Gasteiger partial charge in [0.2, 0.25) is 0 Å². The third-order valence-corrected chi connectivity index (χ3v) is 3.24. The van der Waals surface area contributed by atoms with Gasteiger partial charge in [-0.15, -0.1) is 0 Å². The fourth-order valence-corrected chi connectivity index (χ4v) is 1.54. The summed E-state index contributed by atoms with van der Waals surface area (Å²) >= 11 is -0.378. The van der Waals surface area contributed by atoms with Gasteiger partial charge in [-0.3, -0.25) is 0 Å². The Kier molecular flexibility index (Phi) is 6.43. The summed E-state index contributed by atoms with van der Waals surface area (Å²) in [6.07, 6.45) is 0. The summed E-state index contributed by atoms with van der Waals surface area (Å²) in [5.74, 6) is 0. The largest absolute Gasteiger partial charge is 0.779 e. The molecule has 0 saturated heterocycles. The molecule has 0 aromatic heterocycles. The molecule has 0 aliphatic rings. The SMILES string of the molecule is O=S(=O)([O-])C(F)(F)F.[C-]#[N+][I+]c1ccccc1. The van der Waals surface area contributed by atoms with Gasteiger partial charge in [-0.05, 0) is 15.2 Å². The maximum atomic E-state index is 10.7. The molecule has 9 heteroatoms. The van der Waals surface area contributed by atoms with Crippen molar-refractivity contribution in [2.75, 3.05) is 0 Å². The zero-order valence-electron chi connectivity index (χ0n) is 7.98. The lowest BCUT2D eigenvalue weighted by molar-refractivity contribution is -0.563. The first-order valence-corrected chi connectivity index (χ1v) is 7.22. The molecule has 1 aromatic rings. The number of hydrogen-bond acceptors (Lipinski definition) is 3.